The molecule has 0 N–H and O–H groups in total. The first-order chi connectivity index (χ1) is 18.8. The second kappa shape index (κ2) is 9.48. The average molecular weight is 550 g/mol. The van der Waals surface area contributed by atoms with Crippen molar-refractivity contribution in [3.05, 3.63) is 150 Å². The highest BCUT2D eigenvalue weighted by Gasteiger charge is 2.14. The van der Waals surface area contributed by atoms with E-state index in [1.807, 2.05) is 0 Å². The predicted octanol–water partition coefficient (Wildman–Crippen LogP) is 10.5. The van der Waals surface area contributed by atoms with Crippen LogP contribution in [0.3, 0.4) is 0 Å². The SMILES string of the molecule is Brc1ccccc1-c1ccc2c3ccccc3n(-c3ccc(-c4ccccc4-c4ccccc4)cc3)c2c1. The fourth-order valence-electron chi connectivity index (χ4n) is 5.51. The zero-order chi connectivity index (χ0) is 25.5. The molecule has 0 spiro atoms. The van der Waals surface area contributed by atoms with Crippen molar-refractivity contribution < 1.29 is 0 Å². The van der Waals surface area contributed by atoms with E-state index in [0.29, 0.717) is 0 Å². The molecule has 0 fully saturated rings. The average Bonchev–Trinajstić information content (AvgIpc) is 3.31. The second-order valence-electron chi connectivity index (χ2n) is 9.52. The van der Waals surface area contributed by atoms with Crippen LogP contribution in [0.1, 0.15) is 0 Å². The molecule has 180 valence electrons. The number of fused-ring (bicyclic) bond motifs is 3. The lowest BCUT2D eigenvalue weighted by Crippen LogP contribution is -1.94. The molecule has 1 aromatic heterocycles. The Labute approximate surface area is 230 Å². The van der Waals surface area contributed by atoms with E-state index in [1.54, 1.807) is 0 Å². The van der Waals surface area contributed by atoms with Gasteiger partial charge in [-0.25, -0.2) is 0 Å². The third kappa shape index (κ3) is 3.86. The Morgan fingerprint density at radius 1 is 0.395 bits per heavy atom. The van der Waals surface area contributed by atoms with Crippen LogP contribution in [0.2, 0.25) is 0 Å². The van der Waals surface area contributed by atoms with Crippen molar-refractivity contribution in [2.75, 3.05) is 0 Å². The van der Waals surface area contributed by atoms with Gasteiger partial charge < -0.3 is 4.57 Å². The number of nitrogens with zero attached hydrogens (tertiary/aromatic N) is 1. The second-order valence-corrected chi connectivity index (χ2v) is 10.4. The number of para-hydroxylation sites is 1. The summed E-state index contributed by atoms with van der Waals surface area (Å²) in [6, 6.07) is 52.1. The summed E-state index contributed by atoms with van der Waals surface area (Å²) >= 11 is 3.74. The summed E-state index contributed by atoms with van der Waals surface area (Å²) < 4.78 is 3.49. The molecule has 0 atom stereocenters. The summed E-state index contributed by atoms with van der Waals surface area (Å²) in [6.07, 6.45) is 0. The van der Waals surface area contributed by atoms with E-state index in [1.165, 1.54) is 55.2 Å². The first-order valence-electron chi connectivity index (χ1n) is 12.8. The lowest BCUT2D eigenvalue weighted by atomic mass is 9.94. The molecule has 0 saturated heterocycles. The Kier molecular flexibility index (Phi) is 5.68. The first kappa shape index (κ1) is 22.8. The van der Waals surface area contributed by atoms with Crippen LogP contribution in [0.25, 0.3) is 60.9 Å². The van der Waals surface area contributed by atoms with Crippen LogP contribution in [-0.2, 0) is 0 Å². The molecule has 0 aliphatic carbocycles. The highest BCUT2D eigenvalue weighted by Crippen LogP contribution is 2.37. The van der Waals surface area contributed by atoms with Gasteiger partial charge in [0.25, 0.3) is 0 Å². The number of hydrogen-bond acceptors (Lipinski definition) is 0. The summed E-state index contributed by atoms with van der Waals surface area (Å²) in [5.74, 6) is 0. The van der Waals surface area contributed by atoms with Crippen molar-refractivity contribution in [2.45, 2.75) is 0 Å². The maximum atomic E-state index is 3.74. The van der Waals surface area contributed by atoms with E-state index in [2.05, 4.69) is 166 Å². The molecule has 6 aromatic carbocycles. The Morgan fingerprint density at radius 3 is 1.68 bits per heavy atom. The normalized spacial score (nSPS) is 11.3. The minimum Gasteiger partial charge on any atom is -0.309 e. The third-order valence-corrected chi connectivity index (χ3v) is 8.00. The summed E-state index contributed by atoms with van der Waals surface area (Å²) in [5.41, 5.74) is 10.9. The third-order valence-electron chi connectivity index (χ3n) is 7.31. The number of benzene rings is 6. The van der Waals surface area contributed by atoms with E-state index in [-0.39, 0.29) is 0 Å². The van der Waals surface area contributed by atoms with Gasteiger partial charge in [-0.2, -0.15) is 0 Å². The summed E-state index contributed by atoms with van der Waals surface area (Å²) in [6.45, 7) is 0. The van der Waals surface area contributed by atoms with Gasteiger partial charge in [0.05, 0.1) is 11.0 Å². The molecule has 7 aromatic rings. The molecule has 0 unspecified atom stereocenters. The fraction of sp³-hybridized carbons (Fsp3) is 0. The van der Waals surface area contributed by atoms with Gasteiger partial charge in [0, 0.05) is 20.9 Å². The molecule has 2 heteroatoms. The number of halogens is 1. The van der Waals surface area contributed by atoms with Crippen molar-refractivity contribution in [1.82, 2.24) is 4.57 Å². The van der Waals surface area contributed by atoms with Gasteiger partial charge >= 0.3 is 0 Å². The van der Waals surface area contributed by atoms with Crippen LogP contribution in [-0.4, -0.2) is 4.57 Å². The van der Waals surface area contributed by atoms with Crippen molar-refractivity contribution in [3.63, 3.8) is 0 Å². The molecule has 7 rings (SSSR count). The molecule has 1 nitrogen and oxygen atoms in total. The lowest BCUT2D eigenvalue weighted by molar-refractivity contribution is 1.18. The van der Waals surface area contributed by atoms with E-state index in [0.717, 1.165) is 10.2 Å². The van der Waals surface area contributed by atoms with Crippen LogP contribution in [0.4, 0.5) is 0 Å². The molecule has 0 aliphatic heterocycles. The van der Waals surface area contributed by atoms with Gasteiger partial charge in [-0.05, 0) is 63.7 Å². The highest BCUT2D eigenvalue weighted by molar-refractivity contribution is 9.10. The van der Waals surface area contributed by atoms with Crippen molar-refractivity contribution >= 4 is 37.7 Å². The first-order valence-corrected chi connectivity index (χ1v) is 13.6. The lowest BCUT2D eigenvalue weighted by Gasteiger charge is -2.13. The molecule has 0 bridgehead atoms. The van der Waals surface area contributed by atoms with Gasteiger partial charge in [-0.15, -0.1) is 0 Å². The maximum Gasteiger partial charge on any atom is 0.0547 e. The van der Waals surface area contributed by atoms with Crippen LogP contribution < -0.4 is 0 Å². The van der Waals surface area contributed by atoms with E-state index < -0.39 is 0 Å². The number of hydrogen-bond donors (Lipinski definition) is 0. The standard InChI is InChI=1S/C36H24BrN/c37-34-16-8-6-14-31(34)27-20-23-33-32-15-7-9-17-35(32)38(36(33)24-27)28-21-18-26(19-22-28)30-13-5-4-12-29(30)25-10-2-1-3-11-25/h1-24H. The fourth-order valence-corrected chi connectivity index (χ4v) is 6.02. The minimum absolute atomic E-state index is 1.10. The van der Waals surface area contributed by atoms with Crippen LogP contribution in [0, 0.1) is 0 Å². The monoisotopic (exact) mass is 549 g/mol. The van der Waals surface area contributed by atoms with Gasteiger partial charge in [0.2, 0.25) is 0 Å². The predicted molar refractivity (Wildman–Crippen MR) is 165 cm³/mol. The Balaban J connectivity index is 1.39. The van der Waals surface area contributed by atoms with Crippen molar-refractivity contribution in [1.29, 1.82) is 0 Å². The topological polar surface area (TPSA) is 4.93 Å². The molecule has 0 amide bonds. The van der Waals surface area contributed by atoms with Gasteiger partial charge in [0.1, 0.15) is 0 Å². The molecule has 0 saturated carbocycles. The van der Waals surface area contributed by atoms with E-state index in [4.69, 9.17) is 0 Å². The highest BCUT2D eigenvalue weighted by atomic mass is 79.9. The summed E-state index contributed by atoms with van der Waals surface area (Å²) in [5, 5.41) is 2.52. The van der Waals surface area contributed by atoms with Gasteiger partial charge in [-0.3, -0.25) is 0 Å². The smallest absolute Gasteiger partial charge is 0.0547 e. The summed E-state index contributed by atoms with van der Waals surface area (Å²) in [7, 11) is 0. The van der Waals surface area contributed by atoms with Crippen LogP contribution >= 0.6 is 15.9 Å². The van der Waals surface area contributed by atoms with E-state index >= 15 is 0 Å². The van der Waals surface area contributed by atoms with E-state index in [9.17, 15) is 0 Å². The minimum atomic E-state index is 1.10. The molecule has 1 heterocycles. The molecule has 0 aliphatic rings. The number of aromatic nitrogens is 1. The van der Waals surface area contributed by atoms with Crippen molar-refractivity contribution in [3.8, 4) is 39.1 Å². The Morgan fingerprint density at radius 2 is 0.947 bits per heavy atom. The zero-order valence-corrected chi connectivity index (χ0v) is 22.3. The maximum absolute atomic E-state index is 3.74. The van der Waals surface area contributed by atoms with Crippen molar-refractivity contribution in [2.24, 2.45) is 0 Å². The summed E-state index contributed by atoms with van der Waals surface area (Å²) in [4.78, 5) is 0. The zero-order valence-electron chi connectivity index (χ0n) is 20.7. The largest absolute Gasteiger partial charge is 0.309 e. The van der Waals surface area contributed by atoms with Gasteiger partial charge in [-0.1, -0.05) is 131 Å². The molecule has 38 heavy (non-hydrogen) atoms. The van der Waals surface area contributed by atoms with Crippen LogP contribution in [0.15, 0.2) is 150 Å². The Hall–Kier alpha value is -4.40. The number of rotatable bonds is 4. The molecular weight excluding hydrogens is 526 g/mol. The quantitative estimate of drug-likeness (QED) is 0.205. The molecular formula is C36H24BrN. The van der Waals surface area contributed by atoms with Gasteiger partial charge in [0.15, 0.2) is 0 Å². The van der Waals surface area contributed by atoms with Crippen LogP contribution in [0.5, 0.6) is 0 Å². The molecule has 0 radical (unpaired) electrons. The Bertz CT molecular complexity index is 1910.